The molecule has 0 aliphatic carbocycles. The molecule has 2 aromatic heterocycles. The maximum absolute atomic E-state index is 16.9. The molecule has 0 saturated carbocycles. The molecule has 8 rings (SSSR count). The first-order valence-electron chi connectivity index (χ1n) is 18.9. The molecule has 56 heavy (non-hydrogen) atoms. The van der Waals surface area contributed by atoms with Crippen LogP contribution in [0.15, 0.2) is 54.7 Å². The smallest absolute Gasteiger partial charge is 0.345 e. The summed E-state index contributed by atoms with van der Waals surface area (Å²) in [6.45, 7) is 0.501. The zero-order chi connectivity index (χ0) is 39.0. The molecule has 4 aromatic rings. The molecule has 11 nitrogen and oxygen atoms in total. The number of piperazine rings is 1. The van der Waals surface area contributed by atoms with Gasteiger partial charge in [0.2, 0.25) is 5.91 Å². The van der Waals surface area contributed by atoms with Crippen LogP contribution in [0.5, 0.6) is 6.01 Å². The van der Waals surface area contributed by atoms with Crippen molar-refractivity contribution in [1.29, 1.82) is 5.26 Å². The van der Waals surface area contributed by atoms with Crippen molar-refractivity contribution in [2.45, 2.75) is 62.6 Å². The molecule has 294 valence electrons. The Balaban J connectivity index is 1.09. The van der Waals surface area contributed by atoms with Gasteiger partial charge in [-0.2, -0.15) is 24.0 Å². The van der Waals surface area contributed by atoms with Crippen molar-refractivity contribution >= 4 is 45.0 Å². The Bertz CT molecular complexity index is 2190. The van der Waals surface area contributed by atoms with Gasteiger partial charge in [-0.15, -0.1) is 0 Å². The zero-order valence-corrected chi connectivity index (χ0v) is 31.4. The number of hydrogen-bond donors (Lipinski definition) is 0. The van der Waals surface area contributed by atoms with Crippen LogP contribution in [0.3, 0.4) is 0 Å². The molecule has 4 fully saturated rings. The summed E-state index contributed by atoms with van der Waals surface area (Å²) in [5.41, 5.74) is 0.0402. The Kier molecular flexibility index (Phi) is 11.0. The van der Waals surface area contributed by atoms with Gasteiger partial charge < -0.3 is 19.3 Å². The van der Waals surface area contributed by atoms with Crippen LogP contribution in [0, 0.1) is 17.1 Å². The Morgan fingerprint density at radius 1 is 1.11 bits per heavy atom. The van der Waals surface area contributed by atoms with Crippen molar-refractivity contribution in [3.8, 4) is 23.3 Å². The number of alkyl halides is 3. The topological polar surface area (TPSA) is 111 Å². The normalized spacial score (nSPS) is 24.6. The van der Waals surface area contributed by atoms with E-state index in [2.05, 4.69) is 25.7 Å². The number of fused-ring (bicyclic) bond motifs is 3. The number of rotatable bonds is 11. The first-order valence-corrected chi connectivity index (χ1v) is 19.3. The molecule has 16 heteroatoms. The van der Waals surface area contributed by atoms with Gasteiger partial charge in [-0.25, -0.2) is 8.78 Å². The Morgan fingerprint density at radius 3 is 2.77 bits per heavy atom. The van der Waals surface area contributed by atoms with E-state index in [0.717, 1.165) is 24.8 Å². The summed E-state index contributed by atoms with van der Waals surface area (Å²) in [6, 6.07) is 12.5. The minimum Gasteiger partial charge on any atom is -0.461 e. The number of carbonyl (C=O) groups is 1. The van der Waals surface area contributed by atoms with Crippen LogP contribution in [0.25, 0.3) is 32.9 Å². The average Bonchev–Trinajstić information content (AvgIpc) is 3.87. The first-order chi connectivity index (χ1) is 27.1. The molecule has 1 amide bonds. The summed E-state index contributed by atoms with van der Waals surface area (Å²) >= 11 is 6.63. The third kappa shape index (κ3) is 7.59. The molecule has 4 saturated heterocycles. The second-order valence-electron chi connectivity index (χ2n) is 15.0. The van der Waals surface area contributed by atoms with Gasteiger partial charge in [0.15, 0.2) is 5.82 Å². The monoisotopic (exact) mass is 792 g/mol. The van der Waals surface area contributed by atoms with Gasteiger partial charge in [0.05, 0.1) is 35.6 Å². The highest BCUT2D eigenvalue weighted by Crippen LogP contribution is 2.41. The molecular weight excluding hydrogens is 752 g/mol. The summed E-state index contributed by atoms with van der Waals surface area (Å²) in [6.07, 6.45) is 5.70. The molecule has 0 N–H and O–H groups in total. The fourth-order valence-electron chi connectivity index (χ4n) is 8.89. The van der Waals surface area contributed by atoms with E-state index in [1.165, 1.54) is 12.3 Å². The maximum atomic E-state index is 16.9. The molecule has 6 heterocycles. The second-order valence-corrected chi connectivity index (χ2v) is 15.4. The van der Waals surface area contributed by atoms with Crippen LogP contribution in [0.1, 0.15) is 32.1 Å². The van der Waals surface area contributed by atoms with E-state index >= 15 is 4.39 Å². The fraction of sp³-hybridized carbons (Fsp3) is 0.475. The lowest BCUT2D eigenvalue weighted by Gasteiger charge is -2.41. The van der Waals surface area contributed by atoms with Crippen molar-refractivity contribution in [3.05, 3.63) is 65.6 Å². The van der Waals surface area contributed by atoms with E-state index in [1.807, 2.05) is 34.1 Å². The van der Waals surface area contributed by atoms with Gasteiger partial charge in [-0.3, -0.25) is 19.6 Å². The molecule has 4 atom stereocenters. The summed E-state index contributed by atoms with van der Waals surface area (Å²) in [4.78, 5) is 35.0. The lowest BCUT2D eigenvalue weighted by molar-refractivity contribution is -0.158. The van der Waals surface area contributed by atoms with Crippen LogP contribution < -0.4 is 9.64 Å². The fourth-order valence-corrected chi connectivity index (χ4v) is 9.17. The Morgan fingerprint density at radius 2 is 1.95 bits per heavy atom. The highest BCUT2D eigenvalue weighted by molar-refractivity contribution is 6.36. The number of carbonyl (C=O) groups excluding carboxylic acids is 1. The lowest BCUT2D eigenvalue weighted by Crippen LogP contribution is -2.55. The number of aromatic nitrogens is 3. The van der Waals surface area contributed by atoms with Crippen molar-refractivity contribution < 1.29 is 31.8 Å². The summed E-state index contributed by atoms with van der Waals surface area (Å²) < 4.78 is 67.7. The number of anilines is 1. The number of ether oxygens (including phenoxy) is 2. The first kappa shape index (κ1) is 38.3. The number of likely N-dealkylation sites (tertiary alicyclic amines) is 1. The minimum atomic E-state index is -2.82. The minimum absolute atomic E-state index is 0.0176. The standard InChI is InChI=1S/C40H41ClF4N8O3/c41-31-8-2-6-25-5-1-7-29(33(25)31)35-34(43)36-30(20-47-35)37(49-39(48-36)55-24-40-12-4-15-52(40)21-26(42)19-40)51-17-18-53(27(22-51)10-13-46)32(54)9-3-14-50-16-11-28(23-50)56-38(44)45/h1-3,5-9,20,26-28,38H,4,10-12,14-19,21-24H2/b9-3+/t26-,27+,28+,40+/m1/s1. The molecule has 0 spiro atoms. The maximum Gasteiger partial charge on any atom is 0.345 e. The van der Waals surface area contributed by atoms with E-state index in [9.17, 15) is 23.2 Å². The Hall–Kier alpha value is -4.62. The van der Waals surface area contributed by atoms with Gasteiger partial charge in [-0.05, 0) is 37.3 Å². The van der Waals surface area contributed by atoms with Gasteiger partial charge >= 0.3 is 12.6 Å². The third-order valence-electron chi connectivity index (χ3n) is 11.5. The molecular formula is C40H41ClF4N8O3. The number of amides is 1. The van der Waals surface area contributed by atoms with Gasteiger partial charge in [0.1, 0.15) is 29.8 Å². The van der Waals surface area contributed by atoms with Crippen LogP contribution in [-0.4, -0.2) is 125 Å². The SMILES string of the molecule is N#CC[C@H]1CN(c2nc(OC[C@@]34CCCN3C[C@H](F)C4)nc3c(F)c(-c4cccc5cccc(Cl)c45)ncc23)CCN1C(=O)/C=C/CN1CC[C@H](OC(F)F)C1. The molecule has 2 aromatic carbocycles. The van der Waals surface area contributed by atoms with Crippen LogP contribution in [0.2, 0.25) is 5.02 Å². The van der Waals surface area contributed by atoms with Gasteiger partial charge in [0.25, 0.3) is 0 Å². The molecule has 0 unspecified atom stereocenters. The number of halogens is 5. The number of benzene rings is 2. The Labute approximate surface area is 326 Å². The predicted molar refractivity (Wildman–Crippen MR) is 203 cm³/mol. The van der Waals surface area contributed by atoms with Crippen LogP contribution in [0.4, 0.5) is 23.4 Å². The van der Waals surface area contributed by atoms with E-state index in [-0.39, 0.29) is 49.2 Å². The van der Waals surface area contributed by atoms with Crippen LogP contribution >= 0.6 is 11.6 Å². The second kappa shape index (κ2) is 16.1. The zero-order valence-electron chi connectivity index (χ0n) is 30.6. The van der Waals surface area contributed by atoms with E-state index in [4.69, 9.17) is 21.3 Å². The number of pyridine rings is 1. The van der Waals surface area contributed by atoms with Crippen molar-refractivity contribution in [3.63, 3.8) is 0 Å². The van der Waals surface area contributed by atoms with Crippen molar-refractivity contribution in [2.24, 2.45) is 0 Å². The molecule has 0 bridgehead atoms. The van der Waals surface area contributed by atoms with Crippen LogP contribution in [-0.2, 0) is 9.53 Å². The highest BCUT2D eigenvalue weighted by atomic mass is 35.5. The summed E-state index contributed by atoms with van der Waals surface area (Å²) in [5, 5.41) is 12.0. The van der Waals surface area contributed by atoms with Gasteiger partial charge in [-0.1, -0.05) is 48.0 Å². The third-order valence-corrected chi connectivity index (χ3v) is 11.8. The number of nitriles is 1. The quantitative estimate of drug-likeness (QED) is 0.125. The lowest BCUT2D eigenvalue weighted by atomic mass is 9.95. The van der Waals surface area contributed by atoms with Crippen molar-refractivity contribution in [1.82, 2.24) is 29.7 Å². The average molecular weight is 793 g/mol. The highest BCUT2D eigenvalue weighted by Gasteiger charge is 2.49. The molecule has 4 aliphatic heterocycles. The largest absolute Gasteiger partial charge is 0.461 e. The molecule has 4 aliphatic rings. The summed E-state index contributed by atoms with van der Waals surface area (Å²) in [5.74, 6) is -0.628. The van der Waals surface area contributed by atoms with E-state index in [1.54, 1.807) is 23.1 Å². The predicted octanol–water partition coefficient (Wildman–Crippen LogP) is 6.39. The number of nitrogens with zero attached hydrogens (tertiary/aromatic N) is 8. The van der Waals surface area contributed by atoms with Gasteiger partial charge in [0, 0.05) is 80.5 Å². The van der Waals surface area contributed by atoms with E-state index in [0.29, 0.717) is 72.7 Å². The van der Waals surface area contributed by atoms with E-state index < -0.39 is 36.3 Å². The van der Waals surface area contributed by atoms with Crippen molar-refractivity contribution in [2.75, 3.05) is 63.9 Å². The molecule has 0 radical (unpaired) electrons. The summed E-state index contributed by atoms with van der Waals surface area (Å²) in [7, 11) is 0. The number of hydrogen-bond acceptors (Lipinski definition) is 10.